The average molecular weight is 421 g/mol. The van der Waals surface area contributed by atoms with Gasteiger partial charge in [0.05, 0.1) is 13.7 Å². The normalized spacial score (nSPS) is 10.6. The highest BCUT2D eigenvalue weighted by Gasteiger charge is 2.06. The number of hydrogen-bond acceptors (Lipinski definition) is 5. The summed E-state index contributed by atoms with van der Waals surface area (Å²) in [5.41, 5.74) is 0. The van der Waals surface area contributed by atoms with Crippen LogP contribution in [0.2, 0.25) is 0 Å². The first-order chi connectivity index (χ1) is 14.7. The summed E-state index contributed by atoms with van der Waals surface area (Å²) in [5.74, 6) is 1.02. The predicted molar refractivity (Wildman–Crippen MR) is 120 cm³/mol. The molecule has 0 saturated heterocycles. The third-order valence-corrected chi connectivity index (χ3v) is 5.06. The Bertz CT molecular complexity index is 567. The summed E-state index contributed by atoms with van der Waals surface area (Å²) in [6.45, 7) is 2.78. The summed E-state index contributed by atoms with van der Waals surface area (Å²) in [6, 6.07) is 7.00. The van der Waals surface area contributed by atoms with Gasteiger partial charge in [0.2, 0.25) is 0 Å². The molecule has 170 valence electrons. The number of carbonyl (C=O) groups excluding carboxylic acids is 2. The van der Waals surface area contributed by atoms with E-state index >= 15 is 0 Å². The molecule has 30 heavy (non-hydrogen) atoms. The standard InChI is InChI=1S/C25H40O5/c1-3-4-5-6-11-14-21-29-24(26)15-12-9-7-8-10-13-16-25(27)30-23-19-17-22(28-2)18-20-23/h17-20H,3-16,21H2,1-2H3. The first-order valence-corrected chi connectivity index (χ1v) is 11.7. The van der Waals surface area contributed by atoms with Crippen LogP contribution in [-0.4, -0.2) is 25.7 Å². The Balaban J connectivity index is 1.89. The number of esters is 2. The molecule has 0 saturated carbocycles. The fourth-order valence-corrected chi connectivity index (χ4v) is 3.21. The summed E-state index contributed by atoms with van der Waals surface area (Å²) in [6.07, 6.45) is 14.1. The van der Waals surface area contributed by atoms with Crippen molar-refractivity contribution in [2.24, 2.45) is 0 Å². The van der Waals surface area contributed by atoms with Crippen LogP contribution in [0.15, 0.2) is 24.3 Å². The minimum atomic E-state index is -0.201. The van der Waals surface area contributed by atoms with Gasteiger partial charge in [-0.3, -0.25) is 9.59 Å². The quantitative estimate of drug-likeness (QED) is 0.152. The van der Waals surface area contributed by atoms with Crippen LogP contribution >= 0.6 is 0 Å². The Morgan fingerprint density at radius 2 is 1.17 bits per heavy atom. The van der Waals surface area contributed by atoms with E-state index in [1.54, 1.807) is 31.4 Å². The second-order valence-electron chi connectivity index (χ2n) is 7.76. The second-order valence-corrected chi connectivity index (χ2v) is 7.76. The van der Waals surface area contributed by atoms with Gasteiger partial charge in [-0.05, 0) is 43.5 Å². The molecule has 0 N–H and O–H groups in total. The lowest BCUT2D eigenvalue weighted by atomic mass is 10.1. The first kappa shape index (κ1) is 26.0. The maximum atomic E-state index is 11.8. The molecular formula is C25H40O5. The molecule has 0 amide bonds. The van der Waals surface area contributed by atoms with Crippen LogP contribution in [0.5, 0.6) is 11.5 Å². The van der Waals surface area contributed by atoms with Crippen LogP contribution in [-0.2, 0) is 14.3 Å². The van der Waals surface area contributed by atoms with Crippen molar-refractivity contribution in [1.29, 1.82) is 0 Å². The number of rotatable bonds is 18. The molecular weight excluding hydrogens is 380 g/mol. The number of carbonyl (C=O) groups is 2. The lowest BCUT2D eigenvalue weighted by Crippen LogP contribution is -2.07. The number of hydrogen-bond donors (Lipinski definition) is 0. The zero-order valence-electron chi connectivity index (χ0n) is 19.0. The molecule has 0 radical (unpaired) electrons. The average Bonchev–Trinajstić information content (AvgIpc) is 2.75. The van der Waals surface area contributed by atoms with E-state index in [2.05, 4.69) is 6.92 Å². The van der Waals surface area contributed by atoms with Gasteiger partial charge in [-0.25, -0.2) is 0 Å². The van der Waals surface area contributed by atoms with Gasteiger partial charge in [0.15, 0.2) is 0 Å². The highest BCUT2D eigenvalue weighted by molar-refractivity contribution is 5.72. The molecule has 0 aliphatic carbocycles. The lowest BCUT2D eigenvalue weighted by molar-refractivity contribution is -0.144. The van der Waals surface area contributed by atoms with Crippen molar-refractivity contribution in [3.63, 3.8) is 0 Å². The minimum Gasteiger partial charge on any atom is -0.497 e. The van der Waals surface area contributed by atoms with Gasteiger partial charge in [-0.2, -0.15) is 0 Å². The Morgan fingerprint density at radius 3 is 1.77 bits per heavy atom. The zero-order chi connectivity index (χ0) is 21.9. The van der Waals surface area contributed by atoms with Gasteiger partial charge >= 0.3 is 11.9 Å². The number of benzene rings is 1. The molecule has 0 aliphatic heterocycles. The number of unbranched alkanes of at least 4 members (excludes halogenated alkanes) is 10. The van der Waals surface area contributed by atoms with Crippen LogP contribution < -0.4 is 9.47 Å². The van der Waals surface area contributed by atoms with Crippen LogP contribution in [0.1, 0.15) is 96.8 Å². The fourth-order valence-electron chi connectivity index (χ4n) is 3.21. The van der Waals surface area contributed by atoms with Crippen LogP contribution in [0.25, 0.3) is 0 Å². The van der Waals surface area contributed by atoms with E-state index in [0.29, 0.717) is 25.2 Å². The molecule has 0 unspecified atom stereocenters. The van der Waals surface area contributed by atoms with Crippen molar-refractivity contribution >= 4 is 11.9 Å². The molecule has 0 spiro atoms. The van der Waals surface area contributed by atoms with Gasteiger partial charge < -0.3 is 14.2 Å². The smallest absolute Gasteiger partial charge is 0.311 e. The molecule has 1 aromatic carbocycles. The van der Waals surface area contributed by atoms with Gasteiger partial charge in [-0.15, -0.1) is 0 Å². The van der Waals surface area contributed by atoms with Crippen LogP contribution in [0.3, 0.4) is 0 Å². The lowest BCUT2D eigenvalue weighted by Gasteiger charge is -2.06. The topological polar surface area (TPSA) is 61.8 Å². The van der Waals surface area contributed by atoms with Crippen molar-refractivity contribution < 1.29 is 23.8 Å². The highest BCUT2D eigenvalue weighted by Crippen LogP contribution is 2.18. The minimum absolute atomic E-state index is 0.0650. The molecule has 0 fully saturated rings. The monoisotopic (exact) mass is 420 g/mol. The zero-order valence-corrected chi connectivity index (χ0v) is 19.0. The fraction of sp³-hybridized carbons (Fsp3) is 0.680. The van der Waals surface area contributed by atoms with E-state index in [4.69, 9.17) is 14.2 Å². The molecule has 0 atom stereocenters. The number of ether oxygens (including phenoxy) is 3. The van der Waals surface area contributed by atoms with Crippen LogP contribution in [0.4, 0.5) is 0 Å². The maximum absolute atomic E-state index is 11.8. The summed E-state index contributed by atoms with van der Waals surface area (Å²) >= 11 is 0. The summed E-state index contributed by atoms with van der Waals surface area (Å²) in [7, 11) is 1.60. The summed E-state index contributed by atoms with van der Waals surface area (Å²) in [4.78, 5) is 23.5. The maximum Gasteiger partial charge on any atom is 0.311 e. The molecule has 5 nitrogen and oxygen atoms in total. The largest absolute Gasteiger partial charge is 0.497 e. The SMILES string of the molecule is CCCCCCCCOC(=O)CCCCCCCCC(=O)Oc1ccc(OC)cc1. The number of methoxy groups -OCH3 is 1. The van der Waals surface area contributed by atoms with Gasteiger partial charge in [0.1, 0.15) is 11.5 Å². The summed E-state index contributed by atoms with van der Waals surface area (Å²) in [5, 5.41) is 0. The Labute approximate surface area is 182 Å². The third-order valence-electron chi connectivity index (χ3n) is 5.06. The molecule has 0 heterocycles. The molecule has 5 heteroatoms. The molecule has 0 aliphatic rings. The van der Waals surface area contributed by atoms with E-state index in [0.717, 1.165) is 57.1 Å². The first-order valence-electron chi connectivity index (χ1n) is 11.7. The van der Waals surface area contributed by atoms with Crippen molar-refractivity contribution in [3.05, 3.63) is 24.3 Å². The molecule has 1 rings (SSSR count). The van der Waals surface area contributed by atoms with Gasteiger partial charge in [0, 0.05) is 12.8 Å². The van der Waals surface area contributed by atoms with Crippen molar-refractivity contribution in [3.8, 4) is 11.5 Å². The Morgan fingerprint density at radius 1 is 0.667 bits per heavy atom. The van der Waals surface area contributed by atoms with E-state index in [1.165, 1.54) is 25.7 Å². The van der Waals surface area contributed by atoms with E-state index in [-0.39, 0.29) is 11.9 Å². The Hall–Kier alpha value is -2.04. The van der Waals surface area contributed by atoms with Gasteiger partial charge in [0.25, 0.3) is 0 Å². The van der Waals surface area contributed by atoms with E-state index < -0.39 is 0 Å². The molecule has 0 aromatic heterocycles. The molecule has 1 aromatic rings. The van der Waals surface area contributed by atoms with Crippen LogP contribution in [0, 0.1) is 0 Å². The van der Waals surface area contributed by atoms with Crippen molar-refractivity contribution in [2.45, 2.75) is 96.8 Å². The van der Waals surface area contributed by atoms with E-state index in [1.807, 2.05) is 0 Å². The van der Waals surface area contributed by atoms with Crippen molar-refractivity contribution in [2.75, 3.05) is 13.7 Å². The van der Waals surface area contributed by atoms with E-state index in [9.17, 15) is 9.59 Å². The predicted octanol–water partition coefficient (Wildman–Crippen LogP) is 6.63. The van der Waals surface area contributed by atoms with Gasteiger partial charge in [-0.1, -0.05) is 64.7 Å². The third kappa shape index (κ3) is 14.0. The second kappa shape index (κ2) is 17.8. The summed E-state index contributed by atoms with van der Waals surface area (Å²) < 4.78 is 15.7. The van der Waals surface area contributed by atoms with Crippen molar-refractivity contribution in [1.82, 2.24) is 0 Å². The highest BCUT2D eigenvalue weighted by atomic mass is 16.5. The molecule has 0 bridgehead atoms. The Kier molecular flexibility index (Phi) is 15.4.